The molecule has 3 aromatic rings. The molecule has 0 atom stereocenters. The first-order chi connectivity index (χ1) is 15.8. The third kappa shape index (κ3) is 4.82. The number of aryl methyl sites for hydroxylation is 1. The highest BCUT2D eigenvalue weighted by Gasteiger charge is 2.38. The van der Waals surface area contributed by atoms with Crippen molar-refractivity contribution in [1.82, 2.24) is 15.4 Å². The molecule has 0 spiro atoms. The predicted octanol–water partition coefficient (Wildman–Crippen LogP) is 5.66. The molecule has 7 heteroatoms. The number of halogens is 2. The van der Waals surface area contributed by atoms with E-state index in [1.807, 2.05) is 30.3 Å². The van der Waals surface area contributed by atoms with Gasteiger partial charge in [-0.1, -0.05) is 53.2 Å². The molecule has 0 unspecified atom stereocenters. The molecular weight excluding hydrogens is 441 g/mol. The number of aromatic nitrogens is 1. The van der Waals surface area contributed by atoms with Crippen LogP contribution in [-0.2, 0) is 6.42 Å². The third-order valence-corrected chi connectivity index (χ3v) is 7.23. The summed E-state index contributed by atoms with van der Waals surface area (Å²) in [6, 6.07) is 14.3. The van der Waals surface area contributed by atoms with E-state index in [1.165, 1.54) is 6.07 Å². The summed E-state index contributed by atoms with van der Waals surface area (Å²) in [7, 11) is 4.10. The summed E-state index contributed by atoms with van der Waals surface area (Å²) in [5.74, 6) is 0.0877. The van der Waals surface area contributed by atoms with E-state index in [0.29, 0.717) is 34.0 Å². The first-order valence-electron chi connectivity index (χ1n) is 11.2. The van der Waals surface area contributed by atoms with Crippen molar-refractivity contribution in [3.05, 3.63) is 76.3 Å². The summed E-state index contributed by atoms with van der Waals surface area (Å²) < 4.78 is 19.7. The number of nitrogens with zero attached hydrogens (tertiary/aromatic N) is 2. The summed E-state index contributed by atoms with van der Waals surface area (Å²) in [6.45, 7) is 1.73. The molecule has 0 aliphatic heterocycles. The van der Waals surface area contributed by atoms with Crippen LogP contribution < -0.4 is 5.32 Å². The molecule has 174 valence electrons. The maximum absolute atomic E-state index is 14.3. The maximum Gasteiger partial charge on any atom is 0.257 e. The molecule has 33 heavy (non-hydrogen) atoms. The molecule has 0 saturated heterocycles. The van der Waals surface area contributed by atoms with Gasteiger partial charge in [0.2, 0.25) is 0 Å². The third-order valence-electron chi connectivity index (χ3n) is 6.90. The van der Waals surface area contributed by atoms with Crippen LogP contribution in [0.25, 0.3) is 11.3 Å². The summed E-state index contributed by atoms with van der Waals surface area (Å²) in [6.07, 6.45) is 3.99. The lowest BCUT2D eigenvalue weighted by Crippen LogP contribution is -2.52. The second kappa shape index (κ2) is 9.65. The van der Waals surface area contributed by atoms with Gasteiger partial charge in [0, 0.05) is 17.1 Å². The fourth-order valence-electron chi connectivity index (χ4n) is 4.81. The fraction of sp³-hybridized carbons (Fsp3) is 0.385. The van der Waals surface area contributed by atoms with E-state index in [0.717, 1.165) is 31.2 Å². The van der Waals surface area contributed by atoms with E-state index < -0.39 is 0 Å². The lowest BCUT2D eigenvalue weighted by molar-refractivity contribution is 0.0764. The van der Waals surface area contributed by atoms with E-state index >= 15 is 0 Å². The summed E-state index contributed by atoms with van der Waals surface area (Å²) in [5.41, 5.74) is 2.13. The van der Waals surface area contributed by atoms with Gasteiger partial charge in [-0.25, -0.2) is 4.39 Å². The zero-order valence-electron chi connectivity index (χ0n) is 19.2. The lowest BCUT2D eigenvalue weighted by Gasteiger charge is -2.45. The monoisotopic (exact) mass is 469 g/mol. The van der Waals surface area contributed by atoms with Gasteiger partial charge in [0.25, 0.3) is 5.91 Å². The largest absolute Gasteiger partial charge is 0.360 e. The van der Waals surface area contributed by atoms with E-state index in [2.05, 4.69) is 29.5 Å². The van der Waals surface area contributed by atoms with Gasteiger partial charge < -0.3 is 14.7 Å². The zero-order chi connectivity index (χ0) is 23.6. The molecule has 0 bridgehead atoms. The Bertz CT molecular complexity index is 1140. The maximum atomic E-state index is 14.3. The van der Waals surface area contributed by atoms with Gasteiger partial charge in [0.15, 0.2) is 0 Å². The number of nitrogens with one attached hydrogen (secondary N) is 1. The van der Waals surface area contributed by atoms with Gasteiger partial charge in [-0.15, -0.1) is 0 Å². The van der Waals surface area contributed by atoms with E-state index in [1.54, 1.807) is 19.1 Å². The molecule has 2 aromatic carbocycles. The Kier molecular flexibility index (Phi) is 6.86. The number of hydrogen-bond acceptors (Lipinski definition) is 4. The lowest BCUT2D eigenvalue weighted by atomic mass is 9.74. The van der Waals surface area contributed by atoms with E-state index in [-0.39, 0.29) is 23.3 Å². The molecular formula is C26H29ClFN3O2. The molecule has 1 amide bonds. The number of benzene rings is 2. The molecule has 1 fully saturated rings. The van der Waals surface area contributed by atoms with Crippen LogP contribution in [0.1, 0.15) is 47.4 Å². The Morgan fingerprint density at radius 2 is 1.85 bits per heavy atom. The van der Waals surface area contributed by atoms with Crippen molar-refractivity contribution in [3.8, 4) is 11.3 Å². The highest BCUT2D eigenvalue weighted by Crippen LogP contribution is 2.37. The predicted molar refractivity (Wildman–Crippen MR) is 128 cm³/mol. The van der Waals surface area contributed by atoms with Crippen molar-refractivity contribution in [1.29, 1.82) is 0 Å². The molecule has 1 aliphatic carbocycles. The Balaban J connectivity index is 1.47. The van der Waals surface area contributed by atoms with Gasteiger partial charge in [-0.3, -0.25) is 4.79 Å². The van der Waals surface area contributed by atoms with Crippen LogP contribution in [0.15, 0.2) is 53.1 Å². The number of hydrogen-bond donors (Lipinski definition) is 1. The molecule has 1 aromatic heterocycles. The van der Waals surface area contributed by atoms with Crippen molar-refractivity contribution >= 4 is 17.5 Å². The molecule has 1 saturated carbocycles. The van der Waals surface area contributed by atoms with Gasteiger partial charge in [-0.2, -0.15) is 0 Å². The van der Waals surface area contributed by atoms with Gasteiger partial charge in [0.05, 0.1) is 5.02 Å². The Labute approximate surface area is 198 Å². The normalized spacial score (nSPS) is 20.7. The molecule has 1 N–H and O–H groups in total. The number of likely N-dealkylation sites (N-methyl/N-ethyl adjacent to an activating group) is 1. The van der Waals surface area contributed by atoms with Crippen molar-refractivity contribution in [2.24, 2.45) is 0 Å². The average Bonchev–Trinajstić information content (AvgIpc) is 3.18. The minimum Gasteiger partial charge on any atom is -0.360 e. The molecule has 1 aliphatic rings. The van der Waals surface area contributed by atoms with Gasteiger partial charge in [-0.05, 0) is 70.8 Å². The fourth-order valence-corrected chi connectivity index (χ4v) is 5.04. The molecule has 5 nitrogen and oxygen atoms in total. The molecule has 0 radical (unpaired) electrons. The van der Waals surface area contributed by atoms with E-state index in [4.69, 9.17) is 16.1 Å². The Hall–Kier alpha value is -2.70. The van der Waals surface area contributed by atoms with Crippen LogP contribution in [0.2, 0.25) is 5.02 Å². The zero-order valence-corrected chi connectivity index (χ0v) is 20.0. The Morgan fingerprint density at radius 3 is 2.52 bits per heavy atom. The van der Waals surface area contributed by atoms with Crippen molar-refractivity contribution in [2.45, 2.75) is 50.6 Å². The topological polar surface area (TPSA) is 58.4 Å². The first kappa shape index (κ1) is 23.5. The number of rotatable bonds is 6. The van der Waals surface area contributed by atoms with Crippen molar-refractivity contribution < 1.29 is 13.7 Å². The second-order valence-electron chi connectivity index (χ2n) is 9.08. The van der Waals surface area contributed by atoms with Crippen molar-refractivity contribution in [3.63, 3.8) is 0 Å². The van der Waals surface area contributed by atoms with Crippen LogP contribution >= 0.6 is 11.6 Å². The van der Waals surface area contributed by atoms with Crippen molar-refractivity contribution in [2.75, 3.05) is 14.1 Å². The Morgan fingerprint density at radius 1 is 1.18 bits per heavy atom. The second-order valence-corrected chi connectivity index (χ2v) is 9.48. The number of amides is 1. The molecule has 1 heterocycles. The van der Waals surface area contributed by atoms with E-state index in [9.17, 15) is 9.18 Å². The van der Waals surface area contributed by atoms with Gasteiger partial charge in [0.1, 0.15) is 22.8 Å². The standard InChI is InChI=1S/C26H29ClFN3O2/c1-17-23(24(30-33-17)20-9-5-6-10-21(20)27)25(32)29-19-12-14-26(15-13-19,31(2)3)16-18-8-4-7-11-22(18)28/h4-11,19H,12-16H2,1-3H3,(H,29,32). The highest BCUT2D eigenvalue weighted by molar-refractivity contribution is 6.33. The smallest absolute Gasteiger partial charge is 0.257 e. The van der Waals surface area contributed by atoms with Crippen LogP contribution in [0, 0.1) is 12.7 Å². The first-order valence-corrected chi connectivity index (χ1v) is 11.6. The quantitative estimate of drug-likeness (QED) is 0.506. The minimum absolute atomic E-state index is 0.0274. The van der Waals surface area contributed by atoms with Crippen LogP contribution in [0.4, 0.5) is 4.39 Å². The van der Waals surface area contributed by atoms with Crippen LogP contribution in [0.5, 0.6) is 0 Å². The summed E-state index contributed by atoms with van der Waals surface area (Å²) in [4.78, 5) is 15.4. The number of carbonyl (C=O) groups excluding carboxylic acids is 1. The van der Waals surface area contributed by atoms with Crippen LogP contribution in [-0.4, -0.2) is 41.6 Å². The average molecular weight is 470 g/mol. The SMILES string of the molecule is Cc1onc(-c2ccccc2Cl)c1C(=O)NC1CCC(Cc2ccccc2F)(N(C)C)CC1. The summed E-state index contributed by atoms with van der Waals surface area (Å²) >= 11 is 6.33. The highest BCUT2D eigenvalue weighted by atomic mass is 35.5. The minimum atomic E-state index is -0.208. The summed E-state index contributed by atoms with van der Waals surface area (Å²) in [5, 5.41) is 7.78. The van der Waals surface area contributed by atoms with Crippen LogP contribution in [0.3, 0.4) is 0 Å². The number of carbonyl (C=O) groups is 1. The molecule has 4 rings (SSSR count). The van der Waals surface area contributed by atoms with Gasteiger partial charge >= 0.3 is 0 Å².